The maximum absolute atomic E-state index is 12.0. The number of rotatable bonds is 5. The number of anilines is 1. The molecule has 0 aliphatic carbocycles. The minimum Gasteiger partial charge on any atom is -0.383 e. The molecule has 2 rings (SSSR count). The van der Waals surface area contributed by atoms with Gasteiger partial charge in [-0.25, -0.2) is 4.68 Å². The Morgan fingerprint density at radius 3 is 2.62 bits per heavy atom. The summed E-state index contributed by atoms with van der Waals surface area (Å²) in [5, 5.41) is 16.1. The molecule has 0 spiro atoms. The monoisotopic (exact) mass is 282 g/mol. The van der Waals surface area contributed by atoms with Crippen LogP contribution in [0, 0.1) is 17.2 Å². The van der Waals surface area contributed by atoms with Gasteiger partial charge in [-0.2, -0.15) is 10.4 Å². The fourth-order valence-corrected chi connectivity index (χ4v) is 1.83. The molecule has 0 saturated heterocycles. The third-order valence-corrected chi connectivity index (χ3v) is 3.00. The second kappa shape index (κ2) is 6.71. The predicted molar refractivity (Wildman–Crippen MR) is 82.1 cm³/mol. The van der Waals surface area contributed by atoms with Gasteiger partial charge in [0.1, 0.15) is 0 Å². The van der Waals surface area contributed by atoms with Gasteiger partial charge in [0.05, 0.1) is 30.1 Å². The summed E-state index contributed by atoms with van der Waals surface area (Å²) in [6, 6.07) is 10.8. The van der Waals surface area contributed by atoms with E-state index in [1.165, 1.54) is 4.68 Å². The molecule has 1 N–H and O–H groups in total. The van der Waals surface area contributed by atoms with Crippen LogP contribution in [0.4, 0.5) is 5.69 Å². The van der Waals surface area contributed by atoms with E-state index >= 15 is 0 Å². The largest absolute Gasteiger partial charge is 0.383 e. The predicted octanol–water partition coefficient (Wildman–Crippen LogP) is 2.23. The van der Waals surface area contributed by atoms with Gasteiger partial charge in [-0.1, -0.05) is 26.0 Å². The van der Waals surface area contributed by atoms with Crippen LogP contribution in [0.25, 0.3) is 0 Å². The van der Waals surface area contributed by atoms with Crippen LogP contribution in [-0.4, -0.2) is 16.3 Å². The van der Waals surface area contributed by atoms with Gasteiger partial charge in [0.15, 0.2) is 0 Å². The Bertz CT molecular complexity index is 695. The van der Waals surface area contributed by atoms with Crippen molar-refractivity contribution in [1.29, 1.82) is 5.26 Å². The van der Waals surface area contributed by atoms with Crippen molar-refractivity contribution in [2.24, 2.45) is 5.92 Å². The van der Waals surface area contributed by atoms with Crippen molar-refractivity contribution in [3.63, 3.8) is 0 Å². The molecule has 0 bridgehead atoms. The summed E-state index contributed by atoms with van der Waals surface area (Å²) in [7, 11) is 0. The van der Waals surface area contributed by atoms with E-state index in [4.69, 9.17) is 5.26 Å². The summed E-state index contributed by atoms with van der Waals surface area (Å²) >= 11 is 0. The molecule has 0 aliphatic heterocycles. The summed E-state index contributed by atoms with van der Waals surface area (Å²) in [6.45, 7) is 5.41. The molecule has 5 nitrogen and oxygen atoms in total. The molecule has 1 aromatic carbocycles. The van der Waals surface area contributed by atoms with E-state index in [1.807, 2.05) is 12.1 Å². The lowest BCUT2D eigenvalue weighted by Crippen LogP contribution is -2.23. The normalized spacial score (nSPS) is 10.4. The van der Waals surface area contributed by atoms with Crippen LogP contribution in [0.1, 0.15) is 25.0 Å². The Hall–Kier alpha value is -2.61. The maximum Gasteiger partial charge on any atom is 0.269 e. The number of benzene rings is 1. The maximum atomic E-state index is 12.0. The van der Waals surface area contributed by atoms with Crippen molar-refractivity contribution >= 4 is 5.69 Å². The third-order valence-electron chi connectivity index (χ3n) is 3.00. The SMILES string of the molecule is CC(C)CNc1cnn(Cc2ccc(C#N)cc2)c(=O)c1. The highest BCUT2D eigenvalue weighted by Gasteiger charge is 2.02. The second-order valence-electron chi connectivity index (χ2n) is 5.32. The average molecular weight is 282 g/mol. The summed E-state index contributed by atoms with van der Waals surface area (Å²) in [4.78, 5) is 12.0. The molecule has 1 heterocycles. The van der Waals surface area contributed by atoms with Gasteiger partial charge in [0.25, 0.3) is 5.56 Å². The molecule has 21 heavy (non-hydrogen) atoms. The van der Waals surface area contributed by atoms with Crippen LogP contribution in [0.15, 0.2) is 41.3 Å². The fraction of sp³-hybridized carbons (Fsp3) is 0.312. The van der Waals surface area contributed by atoms with Crippen LogP contribution in [0.3, 0.4) is 0 Å². The van der Waals surface area contributed by atoms with Crippen LogP contribution in [0.2, 0.25) is 0 Å². The van der Waals surface area contributed by atoms with Gasteiger partial charge < -0.3 is 5.32 Å². The highest BCUT2D eigenvalue weighted by Crippen LogP contribution is 2.06. The van der Waals surface area contributed by atoms with Crippen molar-refractivity contribution in [3.8, 4) is 6.07 Å². The molecule has 1 aromatic heterocycles. The van der Waals surface area contributed by atoms with E-state index in [9.17, 15) is 4.79 Å². The number of nitrogens with zero attached hydrogens (tertiary/aromatic N) is 3. The van der Waals surface area contributed by atoms with Gasteiger partial charge in [-0.3, -0.25) is 4.79 Å². The summed E-state index contributed by atoms with van der Waals surface area (Å²) < 4.78 is 1.40. The highest BCUT2D eigenvalue weighted by molar-refractivity contribution is 5.39. The van der Waals surface area contributed by atoms with E-state index in [2.05, 4.69) is 30.3 Å². The molecule has 108 valence electrons. The minimum absolute atomic E-state index is 0.145. The van der Waals surface area contributed by atoms with E-state index in [0.717, 1.165) is 17.8 Å². The van der Waals surface area contributed by atoms with Gasteiger partial charge in [0.2, 0.25) is 0 Å². The topological polar surface area (TPSA) is 70.7 Å². The molecule has 0 fully saturated rings. The van der Waals surface area contributed by atoms with E-state index in [1.54, 1.807) is 24.4 Å². The van der Waals surface area contributed by atoms with E-state index < -0.39 is 0 Å². The zero-order chi connectivity index (χ0) is 15.2. The minimum atomic E-state index is -0.145. The Balaban J connectivity index is 2.10. The van der Waals surface area contributed by atoms with Crippen LogP contribution in [-0.2, 0) is 6.54 Å². The van der Waals surface area contributed by atoms with Crippen molar-refractivity contribution in [1.82, 2.24) is 9.78 Å². The summed E-state index contributed by atoms with van der Waals surface area (Å²) in [6.07, 6.45) is 1.66. The molecule has 0 saturated carbocycles. The van der Waals surface area contributed by atoms with Crippen molar-refractivity contribution < 1.29 is 0 Å². The molecule has 0 atom stereocenters. The Labute approximate surface area is 123 Å². The second-order valence-corrected chi connectivity index (χ2v) is 5.32. The smallest absolute Gasteiger partial charge is 0.269 e. The summed E-state index contributed by atoms with van der Waals surface area (Å²) in [5.41, 5.74) is 2.14. The fourth-order valence-electron chi connectivity index (χ4n) is 1.83. The molecular formula is C16H18N4O. The molecule has 0 unspecified atom stereocenters. The van der Waals surface area contributed by atoms with Gasteiger partial charge >= 0.3 is 0 Å². The van der Waals surface area contributed by atoms with Crippen molar-refractivity contribution in [2.45, 2.75) is 20.4 Å². The quantitative estimate of drug-likeness (QED) is 0.913. The molecule has 0 amide bonds. The summed E-state index contributed by atoms with van der Waals surface area (Å²) in [5.74, 6) is 0.506. The molecule has 2 aromatic rings. The standard InChI is InChI=1S/C16H18N4O/c1-12(2)9-18-15-7-16(21)20(19-10-15)11-14-5-3-13(8-17)4-6-14/h3-7,10,12,18H,9,11H2,1-2H3. The van der Waals surface area contributed by atoms with Crippen LogP contribution >= 0.6 is 0 Å². The number of nitriles is 1. The van der Waals surface area contributed by atoms with Gasteiger partial charge in [-0.05, 0) is 23.6 Å². The molecule has 0 aliphatic rings. The zero-order valence-corrected chi connectivity index (χ0v) is 12.2. The first-order chi connectivity index (χ1) is 10.1. The number of nitrogens with one attached hydrogen (secondary N) is 1. The zero-order valence-electron chi connectivity index (χ0n) is 12.2. The molecule has 5 heteroatoms. The Kier molecular flexibility index (Phi) is 4.72. The number of aromatic nitrogens is 2. The van der Waals surface area contributed by atoms with Crippen LogP contribution < -0.4 is 10.9 Å². The lowest BCUT2D eigenvalue weighted by Gasteiger charge is -2.10. The van der Waals surface area contributed by atoms with Crippen molar-refractivity contribution in [2.75, 3.05) is 11.9 Å². The Morgan fingerprint density at radius 1 is 1.33 bits per heavy atom. The number of hydrogen-bond acceptors (Lipinski definition) is 4. The van der Waals surface area contributed by atoms with Crippen molar-refractivity contribution in [3.05, 3.63) is 58.0 Å². The highest BCUT2D eigenvalue weighted by atomic mass is 16.1. The van der Waals surface area contributed by atoms with Gasteiger partial charge in [0, 0.05) is 12.6 Å². The number of hydrogen-bond donors (Lipinski definition) is 1. The van der Waals surface area contributed by atoms with Crippen LogP contribution in [0.5, 0.6) is 0 Å². The van der Waals surface area contributed by atoms with E-state index in [-0.39, 0.29) is 5.56 Å². The van der Waals surface area contributed by atoms with E-state index in [0.29, 0.717) is 18.0 Å². The van der Waals surface area contributed by atoms with Gasteiger partial charge in [-0.15, -0.1) is 0 Å². The Morgan fingerprint density at radius 2 is 2.05 bits per heavy atom. The molecule has 0 radical (unpaired) electrons. The lowest BCUT2D eigenvalue weighted by atomic mass is 10.1. The third kappa shape index (κ3) is 4.18. The first kappa shape index (κ1) is 14.8. The lowest BCUT2D eigenvalue weighted by molar-refractivity contribution is 0.637. The average Bonchev–Trinajstić information content (AvgIpc) is 2.48. The first-order valence-corrected chi connectivity index (χ1v) is 6.88. The first-order valence-electron chi connectivity index (χ1n) is 6.88. The molecular weight excluding hydrogens is 264 g/mol.